The summed E-state index contributed by atoms with van der Waals surface area (Å²) in [5.41, 5.74) is 4.12. The number of carbonyl (C=O) groups excluding carboxylic acids is 1. The molecule has 2 N–H and O–H groups in total. The van der Waals surface area contributed by atoms with Crippen LogP contribution in [-0.2, 0) is 0 Å². The molecule has 0 aliphatic heterocycles. The third kappa shape index (κ3) is 3.60. The van der Waals surface area contributed by atoms with E-state index in [0.717, 1.165) is 22.4 Å². The molecule has 1 atom stereocenters. The van der Waals surface area contributed by atoms with E-state index in [1.165, 1.54) is 0 Å². The number of carbonyl (C=O) groups is 1. The van der Waals surface area contributed by atoms with Crippen LogP contribution in [0.2, 0.25) is 0 Å². The van der Waals surface area contributed by atoms with E-state index in [2.05, 4.69) is 10.6 Å². The Morgan fingerprint density at radius 3 is 2.45 bits per heavy atom. The van der Waals surface area contributed by atoms with Gasteiger partial charge in [0.2, 0.25) is 0 Å². The van der Waals surface area contributed by atoms with Crippen LogP contribution in [-0.4, -0.2) is 6.03 Å². The van der Waals surface area contributed by atoms with Gasteiger partial charge in [0.25, 0.3) is 0 Å². The number of hydrogen-bond acceptors (Lipinski definition) is 1. The lowest BCUT2D eigenvalue weighted by Crippen LogP contribution is -2.31. The highest BCUT2D eigenvalue weighted by Gasteiger charge is 2.10. The maximum Gasteiger partial charge on any atom is 0.319 e. The van der Waals surface area contributed by atoms with Crippen LogP contribution in [0.3, 0.4) is 0 Å². The van der Waals surface area contributed by atoms with Gasteiger partial charge in [-0.25, -0.2) is 4.79 Å². The quantitative estimate of drug-likeness (QED) is 0.861. The van der Waals surface area contributed by atoms with Gasteiger partial charge in [0.05, 0.1) is 6.04 Å². The molecular formula is C17H20N2O. The van der Waals surface area contributed by atoms with E-state index in [9.17, 15) is 4.79 Å². The molecule has 2 rings (SSSR count). The van der Waals surface area contributed by atoms with Crippen molar-refractivity contribution in [3.63, 3.8) is 0 Å². The SMILES string of the molecule is Cc1ccc(C)c(NC(=O)NC(C)c2ccccc2)c1. The molecule has 2 aromatic carbocycles. The molecule has 0 bridgehead atoms. The Bertz CT molecular complexity index is 593. The molecular weight excluding hydrogens is 248 g/mol. The Labute approximate surface area is 120 Å². The van der Waals surface area contributed by atoms with Crippen molar-refractivity contribution in [3.05, 3.63) is 65.2 Å². The number of hydrogen-bond donors (Lipinski definition) is 2. The number of urea groups is 1. The van der Waals surface area contributed by atoms with Gasteiger partial charge in [-0.3, -0.25) is 0 Å². The molecule has 0 aromatic heterocycles. The molecule has 0 aliphatic rings. The fourth-order valence-electron chi connectivity index (χ4n) is 2.05. The van der Waals surface area contributed by atoms with Gasteiger partial charge in [-0.05, 0) is 43.5 Å². The monoisotopic (exact) mass is 268 g/mol. The van der Waals surface area contributed by atoms with Crippen molar-refractivity contribution in [1.29, 1.82) is 0 Å². The van der Waals surface area contributed by atoms with E-state index in [4.69, 9.17) is 0 Å². The maximum atomic E-state index is 12.0. The Morgan fingerprint density at radius 2 is 1.75 bits per heavy atom. The third-order valence-corrected chi connectivity index (χ3v) is 3.29. The van der Waals surface area contributed by atoms with E-state index >= 15 is 0 Å². The summed E-state index contributed by atoms with van der Waals surface area (Å²) < 4.78 is 0. The third-order valence-electron chi connectivity index (χ3n) is 3.29. The zero-order valence-electron chi connectivity index (χ0n) is 12.1. The maximum absolute atomic E-state index is 12.0. The molecule has 0 spiro atoms. The first kappa shape index (κ1) is 14.1. The predicted molar refractivity (Wildman–Crippen MR) is 82.9 cm³/mol. The van der Waals surface area contributed by atoms with Crippen LogP contribution in [0, 0.1) is 13.8 Å². The summed E-state index contributed by atoms with van der Waals surface area (Å²) in [5.74, 6) is 0. The van der Waals surface area contributed by atoms with Gasteiger partial charge < -0.3 is 10.6 Å². The van der Waals surface area contributed by atoms with Crippen molar-refractivity contribution in [2.45, 2.75) is 26.8 Å². The van der Waals surface area contributed by atoms with Crippen molar-refractivity contribution >= 4 is 11.7 Å². The van der Waals surface area contributed by atoms with Gasteiger partial charge in [-0.15, -0.1) is 0 Å². The predicted octanol–water partition coefficient (Wildman–Crippen LogP) is 4.19. The normalized spacial score (nSPS) is 11.8. The lowest BCUT2D eigenvalue weighted by molar-refractivity contribution is 0.249. The molecule has 2 aromatic rings. The smallest absolute Gasteiger partial charge is 0.319 e. The molecule has 0 aliphatic carbocycles. The second-order valence-electron chi connectivity index (χ2n) is 5.05. The minimum Gasteiger partial charge on any atom is -0.331 e. The highest BCUT2D eigenvalue weighted by Crippen LogP contribution is 2.17. The summed E-state index contributed by atoms with van der Waals surface area (Å²) >= 11 is 0. The van der Waals surface area contributed by atoms with E-state index < -0.39 is 0 Å². The number of anilines is 1. The first-order chi connectivity index (χ1) is 9.56. The Morgan fingerprint density at radius 1 is 1.05 bits per heavy atom. The minimum absolute atomic E-state index is 0.0266. The first-order valence-electron chi connectivity index (χ1n) is 6.76. The summed E-state index contributed by atoms with van der Waals surface area (Å²) in [4.78, 5) is 12.0. The van der Waals surface area contributed by atoms with Crippen LogP contribution >= 0.6 is 0 Å². The molecule has 3 heteroatoms. The molecule has 1 unspecified atom stereocenters. The zero-order valence-corrected chi connectivity index (χ0v) is 12.1. The van der Waals surface area contributed by atoms with E-state index in [-0.39, 0.29) is 12.1 Å². The fraction of sp³-hybridized carbons (Fsp3) is 0.235. The Hall–Kier alpha value is -2.29. The molecule has 20 heavy (non-hydrogen) atoms. The van der Waals surface area contributed by atoms with Gasteiger partial charge in [0.1, 0.15) is 0 Å². The lowest BCUT2D eigenvalue weighted by Gasteiger charge is -2.16. The summed E-state index contributed by atoms with van der Waals surface area (Å²) in [6.07, 6.45) is 0. The molecule has 0 fully saturated rings. The van der Waals surface area contributed by atoms with Gasteiger partial charge >= 0.3 is 6.03 Å². The number of benzene rings is 2. The summed E-state index contributed by atoms with van der Waals surface area (Å²) in [5, 5.41) is 5.84. The van der Waals surface area contributed by atoms with Gasteiger partial charge in [0, 0.05) is 5.69 Å². The molecule has 0 saturated carbocycles. The van der Waals surface area contributed by atoms with Crippen molar-refractivity contribution < 1.29 is 4.79 Å². The van der Waals surface area contributed by atoms with Crippen LogP contribution in [0.1, 0.15) is 29.7 Å². The topological polar surface area (TPSA) is 41.1 Å². The van der Waals surface area contributed by atoms with Crippen LogP contribution in [0.25, 0.3) is 0 Å². The van der Waals surface area contributed by atoms with Gasteiger partial charge in [-0.2, -0.15) is 0 Å². The van der Waals surface area contributed by atoms with E-state index in [1.807, 2.05) is 69.3 Å². The molecule has 0 heterocycles. The van der Waals surface area contributed by atoms with E-state index in [0.29, 0.717) is 0 Å². The van der Waals surface area contributed by atoms with Gasteiger partial charge in [-0.1, -0.05) is 42.5 Å². The first-order valence-corrected chi connectivity index (χ1v) is 6.76. The lowest BCUT2D eigenvalue weighted by atomic mass is 10.1. The van der Waals surface area contributed by atoms with Crippen molar-refractivity contribution in [1.82, 2.24) is 5.32 Å². The number of aryl methyl sites for hydroxylation is 2. The average Bonchev–Trinajstić information content (AvgIpc) is 2.43. The standard InChI is InChI=1S/C17H20N2O/c1-12-9-10-13(2)16(11-12)19-17(20)18-14(3)15-7-5-4-6-8-15/h4-11,14H,1-3H3,(H2,18,19,20). The number of amides is 2. The molecule has 0 saturated heterocycles. The summed E-state index contributed by atoms with van der Waals surface area (Å²) in [6.45, 7) is 5.96. The second-order valence-corrected chi connectivity index (χ2v) is 5.05. The highest BCUT2D eigenvalue weighted by atomic mass is 16.2. The van der Waals surface area contributed by atoms with Crippen molar-refractivity contribution in [2.24, 2.45) is 0 Å². The van der Waals surface area contributed by atoms with Crippen LogP contribution < -0.4 is 10.6 Å². The fourth-order valence-corrected chi connectivity index (χ4v) is 2.05. The second kappa shape index (κ2) is 6.24. The molecule has 0 radical (unpaired) electrons. The van der Waals surface area contributed by atoms with Crippen molar-refractivity contribution in [3.8, 4) is 0 Å². The number of rotatable bonds is 3. The minimum atomic E-state index is -0.185. The summed E-state index contributed by atoms with van der Waals surface area (Å²) in [6, 6.07) is 15.7. The highest BCUT2D eigenvalue weighted by molar-refractivity contribution is 5.90. The Balaban J connectivity index is 2.01. The van der Waals surface area contributed by atoms with Crippen LogP contribution in [0.4, 0.5) is 10.5 Å². The number of nitrogens with one attached hydrogen (secondary N) is 2. The average molecular weight is 268 g/mol. The molecule has 104 valence electrons. The summed E-state index contributed by atoms with van der Waals surface area (Å²) in [7, 11) is 0. The van der Waals surface area contributed by atoms with Gasteiger partial charge in [0.15, 0.2) is 0 Å². The van der Waals surface area contributed by atoms with Crippen LogP contribution in [0.5, 0.6) is 0 Å². The van der Waals surface area contributed by atoms with Crippen LogP contribution in [0.15, 0.2) is 48.5 Å². The largest absolute Gasteiger partial charge is 0.331 e. The Kier molecular flexibility index (Phi) is 4.41. The van der Waals surface area contributed by atoms with E-state index in [1.54, 1.807) is 0 Å². The molecule has 3 nitrogen and oxygen atoms in total. The zero-order chi connectivity index (χ0) is 14.5. The molecule has 2 amide bonds. The van der Waals surface area contributed by atoms with Crippen molar-refractivity contribution in [2.75, 3.05) is 5.32 Å².